The van der Waals surface area contributed by atoms with Gasteiger partial charge in [-0.25, -0.2) is 4.79 Å². The Hall–Kier alpha value is -2.54. The lowest BCUT2D eigenvalue weighted by Crippen LogP contribution is -2.47. The number of aromatic nitrogens is 2. The Balaban J connectivity index is 1.65. The molecule has 26 heavy (non-hydrogen) atoms. The quantitative estimate of drug-likeness (QED) is 0.871. The number of carbonyl (C=O) groups excluding carboxylic acids is 1. The number of amides is 1. The molecule has 1 aromatic heterocycles. The fraction of sp³-hybridized carbons (Fsp3) is 0.389. The van der Waals surface area contributed by atoms with Crippen molar-refractivity contribution in [2.24, 2.45) is 14.1 Å². The summed E-state index contributed by atoms with van der Waals surface area (Å²) in [7, 11) is 3.11. The predicted octanol–water partition coefficient (Wildman–Crippen LogP) is 1.14. The van der Waals surface area contributed by atoms with Crippen molar-refractivity contribution in [1.29, 1.82) is 0 Å². The molecule has 3 rings (SSSR count). The molecule has 1 aliphatic rings. The number of anilines is 1. The first-order valence-electron chi connectivity index (χ1n) is 8.45. The van der Waals surface area contributed by atoms with Crippen molar-refractivity contribution in [3.8, 4) is 0 Å². The lowest BCUT2D eigenvalue weighted by atomic mass is 10.0. The number of benzene rings is 1. The van der Waals surface area contributed by atoms with E-state index in [4.69, 9.17) is 11.6 Å². The number of hydrogen-bond donors (Lipinski definition) is 1. The lowest BCUT2D eigenvalue weighted by Gasteiger charge is -2.33. The van der Waals surface area contributed by atoms with E-state index in [0.717, 1.165) is 17.4 Å². The van der Waals surface area contributed by atoms with Crippen LogP contribution >= 0.6 is 11.6 Å². The summed E-state index contributed by atoms with van der Waals surface area (Å²) in [6.45, 7) is 1.28. The summed E-state index contributed by atoms with van der Waals surface area (Å²) in [5, 5.41) is 3.62. The minimum atomic E-state index is -0.344. The molecule has 2 aromatic rings. The molecule has 1 saturated heterocycles. The van der Waals surface area contributed by atoms with Crippen LogP contribution in [0.15, 0.2) is 40.1 Å². The first kappa shape index (κ1) is 18.3. The summed E-state index contributed by atoms with van der Waals surface area (Å²) in [6.07, 6.45) is 3.04. The number of aryl methyl sites for hydroxylation is 1. The van der Waals surface area contributed by atoms with Crippen LogP contribution in [0.4, 0.5) is 5.69 Å². The molecule has 1 N–H and O–H groups in total. The molecule has 8 heteroatoms. The molecule has 0 spiro atoms. The number of rotatable bonds is 3. The second kappa shape index (κ2) is 7.37. The third-order valence-electron chi connectivity index (χ3n) is 4.71. The van der Waals surface area contributed by atoms with Crippen LogP contribution in [0.2, 0.25) is 5.02 Å². The molecule has 0 bridgehead atoms. The van der Waals surface area contributed by atoms with Gasteiger partial charge in [0.1, 0.15) is 5.69 Å². The maximum atomic E-state index is 12.3. The van der Waals surface area contributed by atoms with Gasteiger partial charge in [0, 0.05) is 50.0 Å². The van der Waals surface area contributed by atoms with Gasteiger partial charge in [-0.1, -0.05) is 11.6 Å². The summed E-state index contributed by atoms with van der Waals surface area (Å²) in [4.78, 5) is 38.4. The summed E-state index contributed by atoms with van der Waals surface area (Å²) < 4.78 is 2.52. The third-order valence-corrected chi connectivity index (χ3v) is 4.96. The van der Waals surface area contributed by atoms with E-state index < -0.39 is 0 Å². The highest BCUT2D eigenvalue weighted by atomic mass is 35.5. The van der Waals surface area contributed by atoms with E-state index in [1.54, 1.807) is 37.5 Å². The van der Waals surface area contributed by atoms with Gasteiger partial charge in [0.05, 0.1) is 0 Å². The van der Waals surface area contributed by atoms with Gasteiger partial charge in [-0.05, 0) is 37.1 Å². The first-order chi connectivity index (χ1) is 12.4. The monoisotopic (exact) mass is 376 g/mol. The minimum absolute atomic E-state index is 0.0470. The van der Waals surface area contributed by atoms with Crippen LogP contribution < -0.4 is 21.5 Å². The molecule has 1 aromatic carbocycles. The van der Waals surface area contributed by atoms with Crippen LogP contribution in [-0.4, -0.2) is 34.2 Å². The van der Waals surface area contributed by atoms with Crippen LogP contribution in [0, 0.1) is 0 Å². The molecule has 0 unspecified atom stereocenters. The highest BCUT2D eigenvalue weighted by Crippen LogP contribution is 2.17. The Morgan fingerprint density at radius 2 is 1.73 bits per heavy atom. The molecule has 1 aliphatic heterocycles. The van der Waals surface area contributed by atoms with Gasteiger partial charge in [0.2, 0.25) is 0 Å². The van der Waals surface area contributed by atoms with Crippen LogP contribution in [0.3, 0.4) is 0 Å². The topological polar surface area (TPSA) is 76.3 Å². The maximum absolute atomic E-state index is 12.3. The van der Waals surface area contributed by atoms with Crippen molar-refractivity contribution in [3.63, 3.8) is 0 Å². The highest BCUT2D eigenvalue weighted by Gasteiger charge is 2.23. The minimum Gasteiger partial charge on any atom is -0.366 e. The molecule has 1 fully saturated rings. The maximum Gasteiger partial charge on any atom is 0.330 e. The van der Waals surface area contributed by atoms with Gasteiger partial charge in [-0.2, -0.15) is 0 Å². The van der Waals surface area contributed by atoms with Gasteiger partial charge in [0.15, 0.2) is 0 Å². The Kier molecular flexibility index (Phi) is 5.18. The van der Waals surface area contributed by atoms with E-state index in [2.05, 4.69) is 5.32 Å². The van der Waals surface area contributed by atoms with Gasteiger partial charge < -0.3 is 14.8 Å². The molecule has 2 heterocycles. The predicted molar refractivity (Wildman–Crippen MR) is 101 cm³/mol. The van der Waals surface area contributed by atoms with Gasteiger partial charge in [-0.3, -0.25) is 14.2 Å². The molecular weight excluding hydrogens is 356 g/mol. The zero-order valence-electron chi connectivity index (χ0n) is 14.7. The molecule has 138 valence electrons. The van der Waals surface area contributed by atoms with E-state index in [9.17, 15) is 14.4 Å². The number of nitrogens with one attached hydrogen (secondary N) is 1. The number of halogens is 1. The lowest BCUT2D eigenvalue weighted by molar-refractivity contribution is 0.0931. The largest absolute Gasteiger partial charge is 0.366 e. The fourth-order valence-electron chi connectivity index (χ4n) is 3.14. The summed E-state index contributed by atoms with van der Waals surface area (Å²) in [6, 6.07) is 6.82. The number of carbonyl (C=O) groups is 1. The fourth-order valence-corrected chi connectivity index (χ4v) is 3.27. The van der Waals surface area contributed by atoms with E-state index >= 15 is 0 Å². The van der Waals surface area contributed by atoms with Crippen LogP contribution in [0.25, 0.3) is 0 Å². The van der Waals surface area contributed by atoms with E-state index in [-0.39, 0.29) is 23.2 Å². The second-order valence-electron chi connectivity index (χ2n) is 6.51. The third kappa shape index (κ3) is 3.67. The Labute approximate surface area is 155 Å². The average molecular weight is 377 g/mol. The van der Waals surface area contributed by atoms with Crippen molar-refractivity contribution in [2.75, 3.05) is 18.0 Å². The Morgan fingerprint density at radius 3 is 2.35 bits per heavy atom. The van der Waals surface area contributed by atoms with Crippen molar-refractivity contribution >= 4 is 23.2 Å². The number of hydrogen-bond acceptors (Lipinski definition) is 4. The molecule has 7 nitrogen and oxygen atoms in total. The SMILES string of the molecule is Cn1cc(N2CCC(NC(=O)c3ccc(Cl)cc3)CC2)c(=O)n(C)c1=O. The van der Waals surface area contributed by atoms with E-state index in [1.807, 2.05) is 4.90 Å². The summed E-state index contributed by atoms with van der Waals surface area (Å²) >= 11 is 5.84. The van der Waals surface area contributed by atoms with Gasteiger partial charge in [-0.15, -0.1) is 0 Å². The summed E-state index contributed by atoms with van der Waals surface area (Å²) in [5.41, 5.74) is 0.446. The normalized spacial score (nSPS) is 15.1. The van der Waals surface area contributed by atoms with Crippen molar-refractivity contribution < 1.29 is 4.79 Å². The number of piperidine rings is 1. The van der Waals surface area contributed by atoms with Crippen molar-refractivity contribution in [1.82, 2.24) is 14.5 Å². The molecule has 1 amide bonds. The van der Waals surface area contributed by atoms with E-state index in [1.165, 1.54) is 11.6 Å². The van der Waals surface area contributed by atoms with Crippen LogP contribution in [-0.2, 0) is 14.1 Å². The van der Waals surface area contributed by atoms with Crippen molar-refractivity contribution in [3.05, 3.63) is 61.9 Å². The standard InChI is InChI=1S/C18H21ClN4O3/c1-21-11-15(17(25)22(2)18(21)26)23-9-7-14(8-10-23)20-16(24)12-3-5-13(19)6-4-12/h3-6,11,14H,7-10H2,1-2H3,(H,20,24). The zero-order chi connectivity index (χ0) is 18.8. The molecular formula is C18H21ClN4O3. The molecule has 0 aliphatic carbocycles. The molecule has 0 radical (unpaired) electrons. The van der Waals surface area contributed by atoms with E-state index in [0.29, 0.717) is 29.4 Å². The van der Waals surface area contributed by atoms with Crippen LogP contribution in [0.5, 0.6) is 0 Å². The van der Waals surface area contributed by atoms with Gasteiger partial charge >= 0.3 is 5.69 Å². The smallest absolute Gasteiger partial charge is 0.330 e. The van der Waals surface area contributed by atoms with Gasteiger partial charge in [0.25, 0.3) is 11.5 Å². The first-order valence-corrected chi connectivity index (χ1v) is 8.82. The summed E-state index contributed by atoms with van der Waals surface area (Å²) in [5.74, 6) is -0.127. The zero-order valence-corrected chi connectivity index (χ0v) is 15.5. The Morgan fingerprint density at radius 1 is 1.12 bits per heavy atom. The second-order valence-corrected chi connectivity index (χ2v) is 6.95. The average Bonchev–Trinajstić information content (AvgIpc) is 2.64. The number of nitrogens with zero attached hydrogens (tertiary/aromatic N) is 3. The highest BCUT2D eigenvalue weighted by molar-refractivity contribution is 6.30. The molecule has 0 atom stereocenters. The molecule has 0 saturated carbocycles. The van der Waals surface area contributed by atoms with Crippen LogP contribution in [0.1, 0.15) is 23.2 Å². The Bertz CT molecular complexity index is 925. The van der Waals surface area contributed by atoms with Crippen molar-refractivity contribution in [2.45, 2.75) is 18.9 Å².